The number of halogens is 3. The fourth-order valence-corrected chi connectivity index (χ4v) is 1.54. The van der Waals surface area contributed by atoms with E-state index in [1.165, 1.54) is 12.1 Å². The Morgan fingerprint density at radius 3 is 2.43 bits per heavy atom. The van der Waals surface area contributed by atoms with Crippen LogP contribution in [0.25, 0.3) is 11.5 Å². The molecule has 9 heteroatoms. The molecule has 0 fully saturated rings. The maximum Gasteiger partial charge on any atom is 0.411 e. The van der Waals surface area contributed by atoms with Crippen molar-refractivity contribution in [3.63, 3.8) is 0 Å². The van der Waals surface area contributed by atoms with Crippen LogP contribution in [0.2, 0.25) is 0 Å². The second-order valence-electron chi connectivity index (χ2n) is 4.17. The number of aromatic nitrogens is 2. The maximum atomic E-state index is 11.9. The number of rotatable bonds is 5. The fourth-order valence-electron chi connectivity index (χ4n) is 1.54. The van der Waals surface area contributed by atoms with Crippen molar-refractivity contribution >= 4 is 0 Å². The van der Waals surface area contributed by atoms with Gasteiger partial charge in [-0.25, -0.2) is 0 Å². The molecule has 0 amide bonds. The summed E-state index contributed by atoms with van der Waals surface area (Å²) < 4.78 is 44.9. The number of nitrogens with zero attached hydrogens (tertiary/aromatic N) is 2. The molecule has 0 radical (unpaired) electrons. The SMILES string of the molecule is Oc1cc(O)cc(-c2nc(CCOCC(F)(F)F)no2)c1. The van der Waals surface area contributed by atoms with Crippen molar-refractivity contribution < 1.29 is 32.6 Å². The summed E-state index contributed by atoms with van der Waals surface area (Å²) in [6.07, 6.45) is -4.33. The lowest BCUT2D eigenvalue weighted by atomic mass is 10.2. The Bertz CT molecular complexity index is 593. The summed E-state index contributed by atoms with van der Waals surface area (Å²) in [5.41, 5.74) is 0.294. The second-order valence-corrected chi connectivity index (χ2v) is 4.17. The van der Waals surface area contributed by atoms with Gasteiger partial charge in [0.15, 0.2) is 5.82 Å². The summed E-state index contributed by atoms with van der Waals surface area (Å²) in [6, 6.07) is 3.74. The molecule has 0 spiro atoms. The van der Waals surface area contributed by atoms with Crippen LogP contribution in [0.1, 0.15) is 5.82 Å². The Kier molecular flexibility index (Phi) is 4.32. The predicted octanol–water partition coefficient (Wildman–Crippen LogP) is 2.27. The Morgan fingerprint density at radius 2 is 1.81 bits per heavy atom. The van der Waals surface area contributed by atoms with E-state index in [2.05, 4.69) is 14.9 Å². The van der Waals surface area contributed by atoms with Crippen LogP contribution in [0.3, 0.4) is 0 Å². The van der Waals surface area contributed by atoms with Crippen LogP contribution < -0.4 is 0 Å². The number of aromatic hydroxyl groups is 2. The Hall–Kier alpha value is -2.29. The van der Waals surface area contributed by atoms with Crippen LogP contribution in [-0.2, 0) is 11.2 Å². The highest BCUT2D eigenvalue weighted by molar-refractivity contribution is 5.58. The van der Waals surface area contributed by atoms with E-state index < -0.39 is 12.8 Å². The number of phenols is 2. The van der Waals surface area contributed by atoms with E-state index in [9.17, 15) is 23.4 Å². The molecular formula is C12H11F3N2O4. The topological polar surface area (TPSA) is 88.6 Å². The molecule has 2 rings (SSSR count). The van der Waals surface area contributed by atoms with E-state index in [1.54, 1.807) is 0 Å². The van der Waals surface area contributed by atoms with Gasteiger partial charge in [-0.1, -0.05) is 5.16 Å². The minimum Gasteiger partial charge on any atom is -0.508 e. The van der Waals surface area contributed by atoms with E-state index in [-0.39, 0.29) is 36.2 Å². The summed E-state index contributed by atoms with van der Waals surface area (Å²) in [4.78, 5) is 3.94. The summed E-state index contributed by atoms with van der Waals surface area (Å²) in [6.45, 7) is -1.54. The first-order chi connectivity index (χ1) is 9.83. The molecule has 0 unspecified atom stereocenters. The zero-order chi connectivity index (χ0) is 15.5. The third kappa shape index (κ3) is 4.63. The third-order valence-electron chi connectivity index (χ3n) is 2.35. The number of benzene rings is 1. The molecule has 1 heterocycles. The average Bonchev–Trinajstić information content (AvgIpc) is 2.81. The van der Waals surface area contributed by atoms with Crippen molar-refractivity contribution in [3.8, 4) is 23.0 Å². The molecule has 0 aliphatic heterocycles. The number of phenolic OH excluding ortho intramolecular Hbond substituents is 2. The van der Waals surface area contributed by atoms with E-state index >= 15 is 0 Å². The molecule has 114 valence electrons. The molecule has 21 heavy (non-hydrogen) atoms. The normalized spacial score (nSPS) is 11.8. The largest absolute Gasteiger partial charge is 0.508 e. The minimum absolute atomic E-state index is 0.0343. The number of ether oxygens (including phenoxy) is 1. The summed E-state index contributed by atoms with van der Waals surface area (Å²) in [5, 5.41) is 22.2. The van der Waals surface area contributed by atoms with Gasteiger partial charge in [0, 0.05) is 18.1 Å². The molecule has 2 aromatic rings. The van der Waals surface area contributed by atoms with Gasteiger partial charge in [-0.3, -0.25) is 0 Å². The minimum atomic E-state index is -4.37. The molecule has 1 aromatic carbocycles. The van der Waals surface area contributed by atoms with Crippen molar-refractivity contribution in [2.24, 2.45) is 0 Å². The van der Waals surface area contributed by atoms with Crippen LogP contribution in [0.4, 0.5) is 13.2 Å². The molecule has 2 N–H and O–H groups in total. The molecule has 0 aliphatic carbocycles. The van der Waals surface area contributed by atoms with E-state index in [1.807, 2.05) is 0 Å². The van der Waals surface area contributed by atoms with Gasteiger partial charge in [-0.05, 0) is 12.1 Å². The zero-order valence-corrected chi connectivity index (χ0v) is 10.6. The van der Waals surface area contributed by atoms with Crippen molar-refractivity contribution in [2.45, 2.75) is 12.6 Å². The highest BCUT2D eigenvalue weighted by Gasteiger charge is 2.27. The first kappa shape index (κ1) is 15.1. The van der Waals surface area contributed by atoms with E-state index in [0.717, 1.165) is 6.07 Å². The van der Waals surface area contributed by atoms with Crippen LogP contribution in [0.15, 0.2) is 22.7 Å². The Balaban J connectivity index is 1.95. The maximum absolute atomic E-state index is 11.9. The van der Waals surface area contributed by atoms with Gasteiger partial charge in [0.05, 0.1) is 6.61 Å². The van der Waals surface area contributed by atoms with E-state index in [0.29, 0.717) is 5.56 Å². The van der Waals surface area contributed by atoms with Gasteiger partial charge in [-0.15, -0.1) is 0 Å². The lowest BCUT2D eigenvalue weighted by Crippen LogP contribution is -2.18. The highest BCUT2D eigenvalue weighted by atomic mass is 19.4. The third-order valence-corrected chi connectivity index (χ3v) is 2.35. The Morgan fingerprint density at radius 1 is 1.14 bits per heavy atom. The van der Waals surface area contributed by atoms with Crippen molar-refractivity contribution in [1.29, 1.82) is 0 Å². The molecule has 6 nitrogen and oxygen atoms in total. The monoisotopic (exact) mass is 304 g/mol. The predicted molar refractivity (Wildman–Crippen MR) is 63.6 cm³/mol. The average molecular weight is 304 g/mol. The van der Waals surface area contributed by atoms with Gasteiger partial charge in [0.1, 0.15) is 18.1 Å². The van der Waals surface area contributed by atoms with Crippen LogP contribution in [-0.4, -0.2) is 39.7 Å². The lowest BCUT2D eigenvalue weighted by Gasteiger charge is -2.05. The van der Waals surface area contributed by atoms with Gasteiger partial charge in [0.2, 0.25) is 0 Å². The van der Waals surface area contributed by atoms with E-state index in [4.69, 9.17) is 4.52 Å². The smallest absolute Gasteiger partial charge is 0.411 e. The first-order valence-electron chi connectivity index (χ1n) is 5.84. The lowest BCUT2D eigenvalue weighted by molar-refractivity contribution is -0.173. The quantitative estimate of drug-likeness (QED) is 0.824. The molecule has 0 bridgehead atoms. The molecule has 0 saturated carbocycles. The zero-order valence-electron chi connectivity index (χ0n) is 10.6. The van der Waals surface area contributed by atoms with Crippen molar-refractivity contribution in [1.82, 2.24) is 10.1 Å². The van der Waals surface area contributed by atoms with Crippen molar-refractivity contribution in [2.75, 3.05) is 13.2 Å². The second kappa shape index (κ2) is 6.00. The summed E-state index contributed by atoms with van der Waals surface area (Å²) >= 11 is 0. The van der Waals surface area contributed by atoms with Crippen LogP contribution in [0, 0.1) is 0 Å². The molecular weight excluding hydrogens is 293 g/mol. The number of hydrogen-bond acceptors (Lipinski definition) is 6. The molecule has 0 saturated heterocycles. The molecule has 0 atom stereocenters. The fraction of sp³-hybridized carbons (Fsp3) is 0.333. The first-order valence-corrected chi connectivity index (χ1v) is 5.84. The Labute approximate surface area is 116 Å². The molecule has 1 aromatic heterocycles. The van der Waals surface area contributed by atoms with Gasteiger partial charge < -0.3 is 19.5 Å². The van der Waals surface area contributed by atoms with Gasteiger partial charge in [0.25, 0.3) is 5.89 Å². The van der Waals surface area contributed by atoms with Crippen LogP contribution in [0.5, 0.6) is 11.5 Å². The summed E-state index contributed by atoms with van der Waals surface area (Å²) in [5.74, 6) is -0.168. The van der Waals surface area contributed by atoms with Crippen LogP contribution >= 0.6 is 0 Å². The molecule has 0 aliphatic rings. The number of alkyl halides is 3. The van der Waals surface area contributed by atoms with Crippen molar-refractivity contribution in [3.05, 3.63) is 24.0 Å². The van der Waals surface area contributed by atoms with Gasteiger partial charge in [-0.2, -0.15) is 18.2 Å². The number of hydrogen-bond donors (Lipinski definition) is 2. The standard InChI is InChI=1S/C12H11F3N2O4/c13-12(14,15)6-20-2-1-10-16-11(21-17-10)7-3-8(18)5-9(19)4-7/h3-5,18-19H,1-2,6H2. The highest BCUT2D eigenvalue weighted by Crippen LogP contribution is 2.27. The van der Waals surface area contributed by atoms with Gasteiger partial charge >= 0.3 is 6.18 Å². The summed E-state index contributed by atoms with van der Waals surface area (Å²) in [7, 11) is 0.